The molecule has 0 amide bonds. The zero-order valence-electron chi connectivity index (χ0n) is 10.2. The summed E-state index contributed by atoms with van der Waals surface area (Å²) in [7, 11) is 0. The fraction of sp³-hybridized carbons (Fsp3) is 0. The van der Waals surface area contributed by atoms with E-state index in [0.717, 1.165) is 27.9 Å². The Morgan fingerprint density at radius 2 is 1.32 bits per heavy atom. The summed E-state index contributed by atoms with van der Waals surface area (Å²) in [4.78, 5) is 9.35. The number of fused-ring (bicyclic) bond motifs is 2. The van der Waals surface area contributed by atoms with Gasteiger partial charge in [0.25, 0.3) is 0 Å². The van der Waals surface area contributed by atoms with Gasteiger partial charge in [-0.1, -0.05) is 30.3 Å². The molecular formula is C16H11N3. The summed E-state index contributed by atoms with van der Waals surface area (Å²) in [5.41, 5.74) is 4.77. The highest BCUT2D eigenvalue weighted by atomic mass is 15.1. The third-order valence-corrected chi connectivity index (χ3v) is 3.22. The second-order valence-corrected chi connectivity index (χ2v) is 4.44. The van der Waals surface area contributed by atoms with E-state index < -0.39 is 0 Å². The first-order valence-electron chi connectivity index (χ1n) is 6.21. The zero-order valence-corrected chi connectivity index (χ0v) is 10.2. The van der Waals surface area contributed by atoms with Gasteiger partial charge >= 0.3 is 0 Å². The summed E-state index contributed by atoms with van der Waals surface area (Å²) in [5.74, 6) is 0. The predicted molar refractivity (Wildman–Crippen MR) is 76.4 cm³/mol. The van der Waals surface area contributed by atoms with Gasteiger partial charge in [0, 0.05) is 11.9 Å². The van der Waals surface area contributed by atoms with Gasteiger partial charge in [0.1, 0.15) is 5.52 Å². The Morgan fingerprint density at radius 1 is 0.632 bits per heavy atom. The van der Waals surface area contributed by atoms with Crippen molar-refractivity contribution < 1.29 is 0 Å². The molecule has 90 valence electrons. The van der Waals surface area contributed by atoms with Crippen LogP contribution in [0.25, 0.3) is 27.9 Å². The van der Waals surface area contributed by atoms with E-state index in [0.29, 0.717) is 0 Å². The Labute approximate surface area is 110 Å². The number of hydrogen-bond acceptors (Lipinski definition) is 2. The highest BCUT2D eigenvalue weighted by molar-refractivity contribution is 5.85. The predicted octanol–water partition coefficient (Wildman–Crippen LogP) is 3.57. The van der Waals surface area contributed by atoms with Gasteiger partial charge < -0.3 is 0 Å². The fourth-order valence-electron chi connectivity index (χ4n) is 2.31. The molecule has 0 radical (unpaired) electrons. The highest BCUT2D eigenvalue weighted by Gasteiger charge is 2.07. The van der Waals surface area contributed by atoms with Crippen LogP contribution in [0.5, 0.6) is 0 Å². The summed E-state index contributed by atoms with van der Waals surface area (Å²) in [6.07, 6.45) is 2.01. The SMILES string of the molecule is c1ccc(-n2ccc3nc4ccccc4nc32)cc1. The maximum absolute atomic E-state index is 4.71. The average Bonchev–Trinajstić information content (AvgIpc) is 2.88. The van der Waals surface area contributed by atoms with E-state index in [4.69, 9.17) is 4.98 Å². The lowest BCUT2D eigenvalue weighted by Crippen LogP contribution is -1.94. The van der Waals surface area contributed by atoms with Crippen LogP contribution in [0.4, 0.5) is 0 Å². The van der Waals surface area contributed by atoms with E-state index in [1.807, 2.05) is 54.7 Å². The molecule has 0 unspecified atom stereocenters. The van der Waals surface area contributed by atoms with Gasteiger partial charge in [0.2, 0.25) is 0 Å². The number of rotatable bonds is 1. The van der Waals surface area contributed by atoms with Gasteiger partial charge in [0.05, 0.1) is 11.0 Å². The highest BCUT2D eigenvalue weighted by Crippen LogP contribution is 2.20. The maximum atomic E-state index is 4.71. The smallest absolute Gasteiger partial charge is 0.163 e. The zero-order chi connectivity index (χ0) is 12.7. The summed E-state index contributed by atoms with van der Waals surface area (Å²) < 4.78 is 2.06. The Bertz CT molecular complexity index is 863. The van der Waals surface area contributed by atoms with Crippen molar-refractivity contribution in [1.82, 2.24) is 14.5 Å². The molecule has 19 heavy (non-hydrogen) atoms. The first kappa shape index (κ1) is 10.3. The molecule has 3 heteroatoms. The number of hydrogen-bond donors (Lipinski definition) is 0. The molecule has 2 heterocycles. The van der Waals surface area contributed by atoms with Crippen LogP contribution in [0.3, 0.4) is 0 Å². The Balaban J connectivity index is 2.05. The summed E-state index contributed by atoms with van der Waals surface area (Å²) in [5, 5.41) is 0. The Hall–Kier alpha value is -2.68. The van der Waals surface area contributed by atoms with Gasteiger partial charge in [0.15, 0.2) is 5.65 Å². The lowest BCUT2D eigenvalue weighted by atomic mass is 10.3. The van der Waals surface area contributed by atoms with Crippen LogP contribution < -0.4 is 0 Å². The van der Waals surface area contributed by atoms with E-state index >= 15 is 0 Å². The van der Waals surface area contributed by atoms with Crippen molar-refractivity contribution >= 4 is 22.2 Å². The number of nitrogens with zero attached hydrogens (tertiary/aromatic N) is 3. The van der Waals surface area contributed by atoms with Gasteiger partial charge in [-0.05, 0) is 30.3 Å². The minimum absolute atomic E-state index is 0.893. The molecule has 3 nitrogen and oxygen atoms in total. The van der Waals surface area contributed by atoms with Crippen molar-refractivity contribution in [2.75, 3.05) is 0 Å². The minimum Gasteiger partial charge on any atom is -0.300 e. The first-order chi connectivity index (χ1) is 9.42. The molecule has 0 N–H and O–H groups in total. The van der Waals surface area contributed by atoms with Gasteiger partial charge in [-0.3, -0.25) is 4.57 Å². The molecule has 0 aliphatic carbocycles. The average molecular weight is 245 g/mol. The lowest BCUT2D eigenvalue weighted by molar-refractivity contribution is 1.10. The monoisotopic (exact) mass is 245 g/mol. The van der Waals surface area contributed by atoms with Crippen molar-refractivity contribution in [3.8, 4) is 5.69 Å². The molecule has 0 bridgehead atoms. The van der Waals surface area contributed by atoms with Crippen molar-refractivity contribution in [1.29, 1.82) is 0 Å². The van der Waals surface area contributed by atoms with E-state index in [1.165, 1.54) is 0 Å². The first-order valence-corrected chi connectivity index (χ1v) is 6.21. The summed E-state index contributed by atoms with van der Waals surface area (Å²) in [6.45, 7) is 0. The lowest BCUT2D eigenvalue weighted by Gasteiger charge is -2.04. The molecule has 0 fully saturated rings. The number of aromatic nitrogens is 3. The van der Waals surface area contributed by atoms with E-state index in [-0.39, 0.29) is 0 Å². The van der Waals surface area contributed by atoms with Gasteiger partial charge in [-0.15, -0.1) is 0 Å². The second kappa shape index (κ2) is 3.92. The van der Waals surface area contributed by atoms with Crippen LogP contribution in [-0.4, -0.2) is 14.5 Å². The van der Waals surface area contributed by atoms with E-state index in [2.05, 4.69) is 21.7 Å². The quantitative estimate of drug-likeness (QED) is 0.513. The summed E-state index contributed by atoms with van der Waals surface area (Å²) in [6, 6.07) is 20.1. The fourth-order valence-corrected chi connectivity index (χ4v) is 2.31. The Kier molecular flexibility index (Phi) is 2.12. The molecule has 4 aromatic rings. The van der Waals surface area contributed by atoms with Crippen molar-refractivity contribution in [3.05, 3.63) is 66.9 Å². The molecule has 0 saturated carbocycles. The van der Waals surface area contributed by atoms with Gasteiger partial charge in [-0.2, -0.15) is 0 Å². The molecule has 2 aromatic carbocycles. The Morgan fingerprint density at radius 3 is 2.11 bits per heavy atom. The topological polar surface area (TPSA) is 30.7 Å². The molecule has 4 rings (SSSR count). The molecule has 0 aliphatic heterocycles. The maximum Gasteiger partial charge on any atom is 0.163 e. The molecular weight excluding hydrogens is 234 g/mol. The minimum atomic E-state index is 0.893. The van der Waals surface area contributed by atoms with Crippen LogP contribution in [-0.2, 0) is 0 Å². The van der Waals surface area contributed by atoms with Crippen LogP contribution >= 0.6 is 0 Å². The third kappa shape index (κ3) is 1.59. The van der Waals surface area contributed by atoms with Crippen molar-refractivity contribution in [2.24, 2.45) is 0 Å². The molecule has 0 saturated heterocycles. The van der Waals surface area contributed by atoms with Gasteiger partial charge in [-0.25, -0.2) is 9.97 Å². The molecule has 2 aromatic heterocycles. The van der Waals surface area contributed by atoms with Crippen LogP contribution in [0.2, 0.25) is 0 Å². The standard InChI is InChI=1S/C16H11N3/c1-2-6-12(7-3-1)19-11-10-15-16(19)18-14-9-5-4-8-13(14)17-15/h1-11H. The normalized spacial score (nSPS) is 11.2. The number of benzene rings is 2. The largest absolute Gasteiger partial charge is 0.300 e. The van der Waals surface area contributed by atoms with Crippen LogP contribution in [0.15, 0.2) is 66.9 Å². The van der Waals surface area contributed by atoms with Crippen LogP contribution in [0.1, 0.15) is 0 Å². The second-order valence-electron chi connectivity index (χ2n) is 4.44. The number of para-hydroxylation sites is 3. The van der Waals surface area contributed by atoms with Crippen LogP contribution in [0, 0.1) is 0 Å². The van der Waals surface area contributed by atoms with E-state index in [9.17, 15) is 0 Å². The van der Waals surface area contributed by atoms with E-state index in [1.54, 1.807) is 0 Å². The molecule has 0 atom stereocenters. The van der Waals surface area contributed by atoms with Crippen molar-refractivity contribution in [3.63, 3.8) is 0 Å². The third-order valence-electron chi connectivity index (χ3n) is 3.22. The van der Waals surface area contributed by atoms with Crippen molar-refractivity contribution in [2.45, 2.75) is 0 Å². The summed E-state index contributed by atoms with van der Waals surface area (Å²) >= 11 is 0. The molecule has 0 spiro atoms. The molecule has 0 aliphatic rings.